The van der Waals surface area contributed by atoms with Gasteiger partial charge in [0.1, 0.15) is 17.3 Å². The lowest BCUT2D eigenvalue weighted by molar-refractivity contribution is 0.483. The highest BCUT2D eigenvalue weighted by atomic mass is 16.5. The zero-order chi connectivity index (χ0) is 47.4. The Kier molecular flexibility index (Phi) is 6.69. The van der Waals surface area contributed by atoms with E-state index in [1.54, 1.807) is 36.5 Å². The Morgan fingerprint density at radius 2 is 1.02 bits per heavy atom. The van der Waals surface area contributed by atoms with Crippen molar-refractivity contribution in [1.82, 2.24) is 4.98 Å². The van der Waals surface area contributed by atoms with E-state index in [0.29, 0.717) is 28.6 Å². The molecule has 58 heavy (non-hydrogen) atoms. The van der Waals surface area contributed by atoms with Crippen molar-refractivity contribution in [3.05, 3.63) is 218 Å². The third kappa shape index (κ3) is 6.71. The first-order chi connectivity index (χ1) is 32.9. The molecule has 0 bridgehead atoms. The molecule has 8 aromatic carbocycles. The number of anilines is 7. The van der Waals surface area contributed by atoms with Crippen LogP contribution in [0.25, 0.3) is 44.5 Å². The molecule has 10 rings (SSSR count). The minimum absolute atomic E-state index is 0.127. The summed E-state index contributed by atoms with van der Waals surface area (Å²) in [5.74, 6) is 1.88. The molecule has 1 aromatic heterocycles. The van der Waals surface area contributed by atoms with Gasteiger partial charge in [-0.05, 0) is 76.9 Å². The van der Waals surface area contributed by atoms with E-state index in [4.69, 9.17) is 23.4 Å². The van der Waals surface area contributed by atoms with Gasteiger partial charge in [-0.3, -0.25) is 4.90 Å². The number of hydrogen-bond donors (Lipinski definition) is 2. The zero-order valence-electron chi connectivity index (χ0n) is 40.8. The summed E-state index contributed by atoms with van der Waals surface area (Å²) < 4.78 is 92.4. The van der Waals surface area contributed by atoms with Crippen LogP contribution in [0.4, 0.5) is 39.9 Å². The van der Waals surface area contributed by atoms with Crippen LogP contribution >= 0.6 is 0 Å². The summed E-state index contributed by atoms with van der Waals surface area (Å²) in [6.07, 6.45) is 1.78. The summed E-state index contributed by atoms with van der Waals surface area (Å²) in [5, 5.41) is 6.85. The van der Waals surface area contributed by atoms with Gasteiger partial charge in [0.25, 0.3) is 0 Å². The zero-order valence-corrected chi connectivity index (χ0v) is 30.8. The quantitative estimate of drug-likeness (QED) is 0.154. The molecule has 0 unspecified atom stereocenters. The SMILES string of the molecule is [2H]c1c([2H])c([2H])c(-c2cccc(-c3c([2H])c([2H])c([2H])c([2H])c3[2H])c2Nc2ccccc2Nc2cccc(Oc3ccc4c(c3)N(c3ccccn3)c3ccccc3-c3ccccc3-4)c2)c([2H])c1[2H]. The van der Waals surface area contributed by atoms with Crippen LogP contribution in [-0.2, 0) is 0 Å². The van der Waals surface area contributed by atoms with E-state index in [9.17, 15) is 0 Å². The summed E-state index contributed by atoms with van der Waals surface area (Å²) in [7, 11) is 0. The molecule has 276 valence electrons. The molecule has 2 N–H and O–H groups in total. The Bertz CT molecular complexity index is 3330. The predicted octanol–water partition coefficient (Wildman–Crippen LogP) is 14.8. The minimum Gasteiger partial charge on any atom is -0.457 e. The molecule has 1 aliphatic rings. The lowest BCUT2D eigenvalue weighted by Crippen LogP contribution is -2.12. The van der Waals surface area contributed by atoms with Crippen LogP contribution in [0.2, 0.25) is 0 Å². The smallest absolute Gasteiger partial charge is 0.137 e. The molecule has 5 nitrogen and oxygen atoms in total. The second kappa shape index (κ2) is 15.3. The molecular weight excluding hydrogens is 709 g/mol. The maximum absolute atomic E-state index is 8.87. The largest absolute Gasteiger partial charge is 0.457 e. The molecular formula is C53H38N4O. The highest BCUT2D eigenvalue weighted by Crippen LogP contribution is 2.51. The molecule has 0 aliphatic carbocycles. The van der Waals surface area contributed by atoms with Crippen LogP contribution in [0, 0.1) is 0 Å². The highest BCUT2D eigenvalue weighted by Gasteiger charge is 2.27. The maximum atomic E-state index is 8.87. The lowest BCUT2D eigenvalue weighted by atomic mass is 9.95. The Morgan fingerprint density at radius 3 is 1.71 bits per heavy atom. The second-order valence-electron chi connectivity index (χ2n) is 13.4. The van der Waals surface area contributed by atoms with Gasteiger partial charge in [-0.1, -0.05) is 145 Å². The van der Waals surface area contributed by atoms with E-state index < -0.39 is 60.4 Å². The fraction of sp³-hybridized carbons (Fsp3) is 0. The number of nitrogens with one attached hydrogen (secondary N) is 2. The van der Waals surface area contributed by atoms with E-state index >= 15 is 0 Å². The Balaban J connectivity index is 1.03. The van der Waals surface area contributed by atoms with E-state index in [-0.39, 0.29) is 27.9 Å². The molecule has 0 radical (unpaired) electrons. The van der Waals surface area contributed by atoms with Crippen molar-refractivity contribution in [2.45, 2.75) is 0 Å². The number of ether oxygens (including phenoxy) is 1. The van der Waals surface area contributed by atoms with Crippen LogP contribution in [-0.4, -0.2) is 4.98 Å². The van der Waals surface area contributed by atoms with E-state index in [2.05, 4.69) is 45.9 Å². The van der Waals surface area contributed by atoms with Crippen molar-refractivity contribution in [2.24, 2.45) is 0 Å². The van der Waals surface area contributed by atoms with Crippen LogP contribution in [0.1, 0.15) is 13.7 Å². The van der Waals surface area contributed by atoms with Crippen LogP contribution in [0.5, 0.6) is 11.5 Å². The van der Waals surface area contributed by atoms with Crippen LogP contribution in [0.15, 0.2) is 218 Å². The lowest BCUT2D eigenvalue weighted by Gasteiger charge is -2.26. The number of pyridine rings is 1. The monoisotopic (exact) mass is 756 g/mol. The van der Waals surface area contributed by atoms with E-state index in [0.717, 1.165) is 39.4 Å². The fourth-order valence-corrected chi connectivity index (χ4v) is 7.34. The van der Waals surface area contributed by atoms with Crippen molar-refractivity contribution >= 4 is 39.9 Å². The molecule has 0 spiro atoms. The molecule has 2 heterocycles. The van der Waals surface area contributed by atoms with Gasteiger partial charge in [0.2, 0.25) is 0 Å². The number of aromatic nitrogens is 1. The van der Waals surface area contributed by atoms with Gasteiger partial charge in [-0.15, -0.1) is 0 Å². The molecule has 1 aliphatic heterocycles. The molecule has 5 heteroatoms. The number of benzene rings is 8. The first-order valence-electron chi connectivity index (χ1n) is 23.6. The van der Waals surface area contributed by atoms with E-state index in [1.807, 2.05) is 91.0 Å². The molecule has 0 atom stereocenters. The first-order valence-corrected chi connectivity index (χ1v) is 18.6. The van der Waals surface area contributed by atoms with Gasteiger partial charge in [0.05, 0.1) is 42.1 Å². The van der Waals surface area contributed by atoms with Crippen molar-refractivity contribution < 1.29 is 18.4 Å². The van der Waals surface area contributed by atoms with Gasteiger partial charge in [-0.25, -0.2) is 4.98 Å². The molecule has 9 aromatic rings. The van der Waals surface area contributed by atoms with E-state index in [1.165, 1.54) is 0 Å². The molecule has 0 saturated heterocycles. The Morgan fingerprint density at radius 1 is 0.448 bits per heavy atom. The summed E-state index contributed by atoms with van der Waals surface area (Å²) >= 11 is 0. The molecule has 0 amide bonds. The topological polar surface area (TPSA) is 49.4 Å². The number of hydrogen-bond acceptors (Lipinski definition) is 5. The van der Waals surface area contributed by atoms with Gasteiger partial charge >= 0.3 is 0 Å². The van der Waals surface area contributed by atoms with Crippen LogP contribution < -0.4 is 20.3 Å². The minimum atomic E-state index is -0.564. The van der Waals surface area contributed by atoms with Gasteiger partial charge in [-0.2, -0.15) is 0 Å². The van der Waals surface area contributed by atoms with Crippen molar-refractivity contribution in [3.63, 3.8) is 0 Å². The third-order valence-corrected chi connectivity index (χ3v) is 9.88. The third-order valence-electron chi connectivity index (χ3n) is 9.88. The number of nitrogens with zero attached hydrogens (tertiary/aromatic N) is 2. The van der Waals surface area contributed by atoms with Gasteiger partial charge < -0.3 is 15.4 Å². The summed E-state index contributed by atoms with van der Waals surface area (Å²) in [4.78, 5) is 6.92. The Hall–Kier alpha value is -7.89. The van der Waals surface area contributed by atoms with Gasteiger partial charge in [0.15, 0.2) is 0 Å². The average Bonchev–Trinajstić information content (AvgIpc) is 3.48. The average molecular weight is 757 g/mol. The van der Waals surface area contributed by atoms with Crippen molar-refractivity contribution in [2.75, 3.05) is 15.5 Å². The predicted molar refractivity (Wildman–Crippen MR) is 240 cm³/mol. The highest BCUT2D eigenvalue weighted by molar-refractivity contribution is 6.02. The number of fused-ring (bicyclic) bond motifs is 5. The number of rotatable bonds is 9. The maximum Gasteiger partial charge on any atom is 0.137 e. The van der Waals surface area contributed by atoms with Crippen molar-refractivity contribution in [3.8, 4) is 56.0 Å². The fourth-order valence-electron chi connectivity index (χ4n) is 7.34. The van der Waals surface area contributed by atoms with Crippen molar-refractivity contribution in [1.29, 1.82) is 0 Å². The number of para-hydroxylation sites is 4. The standard InChI is InChI=1S/C53H38N4O/c1-3-17-37(18-4-1)42-26-16-27-43(38-19-5-2-6-20-38)53(42)56-49-29-11-10-28-48(49)55-39-21-15-22-40(35-39)58-41-32-33-47-45-24-8-7-23-44(45)46-25-9-12-30-50(46)57(51(47)36-41)52-31-13-14-34-54-52/h1-36,55-56H/i1D,2D,3D,4D,5D,6D,17D,18D,19D,20D. The van der Waals surface area contributed by atoms with Crippen LogP contribution in [0.3, 0.4) is 0 Å². The summed E-state index contributed by atoms with van der Waals surface area (Å²) in [5.41, 5.74) is 8.02. The summed E-state index contributed by atoms with van der Waals surface area (Å²) in [6.45, 7) is 0. The normalized spacial score (nSPS) is 13.8. The van der Waals surface area contributed by atoms with Gasteiger partial charge in [0, 0.05) is 46.3 Å². The summed E-state index contributed by atoms with van der Waals surface area (Å²) in [6, 6.07) is 42.7. The first kappa shape index (κ1) is 25.3. The Labute approximate surface area is 352 Å². The molecule has 0 fully saturated rings. The second-order valence-corrected chi connectivity index (χ2v) is 13.4. The molecule has 0 saturated carbocycles.